The first-order valence-electron chi connectivity index (χ1n) is 5.18. The van der Waals surface area contributed by atoms with Gasteiger partial charge in [0.15, 0.2) is 0 Å². The van der Waals surface area contributed by atoms with Crippen LogP contribution in [0.1, 0.15) is 5.56 Å². The number of hydrogen-bond acceptors (Lipinski definition) is 2. The van der Waals surface area contributed by atoms with Gasteiger partial charge in [0.25, 0.3) is 0 Å². The molecule has 0 amide bonds. The molecule has 0 bridgehead atoms. The maximum absolute atomic E-state index is 13.4. The molecule has 0 atom stereocenters. The Hall–Kier alpha value is -1.26. The van der Waals surface area contributed by atoms with Gasteiger partial charge >= 0.3 is 0 Å². The van der Waals surface area contributed by atoms with Gasteiger partial charge in [-0.25, -0.2) is 8.78 Å². The van der Waals surface area contributed by atoms with Gasteiger partial charge in [-0.15, -0.1) is 11.8 Å². The van der Waals surface area contributed by atoms with E-state index >= 15 is 0 Å². The van der Waals surface area contributed by atoms with Crippen LogP contribution in [0.4, 0.5) is 14.5 Å². The molecule has 0 aromatic heterocycles. The lowest BCUT2D eigenvalue weighted by Crippen LogP contribution is -1.90. The SMILES string of the molecule is Nc1ccc(Cl)c(CSc2cc(F)ccc2F)c1. The lowest BCUT2D eigenvalue weighted by molar-refractivity contribution is 0.577. The third-order valence-corrected chi connectivity index (χ3v) is 3.79. The van der Waals surface area contributed by atoms with Crippen LogP contribution in [0.2, 0.25) is 5.02 Å². The summed E-state index contributed by atoms with van der Waals surface area (Å²) in [5, 5.41) is 0.563. The Balaban J connectivity index is 2.16. The third kappa shape index (κ3) is 3.15. The van der Waals surface area contributed by atoms with Crippen LogP contribution < -0.4 is 5.73 Å². The van der Waals surface area contributed by atoms with E-state index in [4.69, 9.17) is 17.3 Å². The molecule has 0 spiro atoms. The van der Waals surface area contributed by atoms with Gasteiger partial charge in [-0.2, -0.15) is 0 Å². The minimum absolute atomic E-state index is 0.258. The van der Waals surface area contributed by atoms with E-state index in [0.717, 1.165) is 17.7 Å². The monoisotopic (exact) mass is 285 g/mol. The fourth-order valence-corrected chi connectivity index (χ4v) is 2.66. The van der Waals surface area contributed by atoms with Gasteiger partial charge < -0.3 is 5.73 Å². The number of halogens is 3. The number of nitrogens with two attached hydrogens (primary N) is 1. The van der Waals surface area contributed by atoms with Gasteiger partial charge in [0.05, 0.1) is 0 Å². The van der Waals surface area contributed by atoms with Crippen LogP contribution in [0.25, 0.3) is 0 Å². The highest BCUT2D eigenvalue weighted by molar-refractivity contribution is 7.98. The van der Waals surface area contributed by atoms with Crippen molar-refractivity contribution in [3.63, 3.8) is 0 Å². The summed E-state index contributed by atoms with van der Waals surface area (Å²) in [7, 11) is 0. The minimum atomic E-state index is -0.461. The minimum Gasteiger partial charge on any atom is -0.399 e. The second kappa shape index (κ2) is 5.59. The van der Waals surface area contributed by atoms with E-state index < -0.39 is 11.6 Å². The molecule has 0 saturated heterocycles. The summed E-state index contributed by atoms with van der Waals surface area (Å²) in [6, 6.07) is 8.48. The molecule has 1 nitrogen and oxygen atoms in total. The molecule has 0 heterocycles. The van der Waals surface area contributed by atoms with E-state index in [2.05, 4.69) is 0 Å². The molecular weight excluding hydrogens is 276 g/mol. The molecule has 2 aromatic rings. The second-order valence-corrected chi connectivity index (χ2v) is 5.14. The topological polar surface area (TPSA) is 26.0 Å². The highest BCUT2D eigenvalue weighted by Gasteiger charge is 2.07. The standard InChI is InChI=1S/C13H10ClF2NS/c14-11-3-2-10(17)5-8(11)7-18-13-6-9(15)1-4-12(13)16/h1-6H,7,17H2. The molecule has 18 heavy (non-hydrogen) atoms. The highest BCUT2D eigenvalue weighted by Crippen LogP contribution is 2.29. The summed E-state index contributed by atoms with van der Waals surface area (Å²) < 4.78 is 26.4. The summed E-state index contributed by atoms with van der Waals surface area (Å²) in [6.45, 7) is 0. The molecule has 0 fully saturated rings. The Morgan fingerprint density at radius 2 is 1.89 bits per heavy atom. The number of hydrogen-bond donors (Lipinski definition) is 1. The van der Waals surface area contributed by atoms with Gasteiger partial charge in [0, 0.05) is 21.4 Å². The molecule has 0 radical (unpaired) electrons. The van der Waals surface area contributed by atoms with Crippen LogP contribution in [0.3, 0.4) is 0 Å². The predicted molar refractivity (Wildman–Crippen MR) is 71.8 cm³/mol. The summed E-state index contributed by atoms with van der Waals surface area (Å²) in [5.41, 5.74) is 7.04. The molecule has 94 valence electrons. The predicted octanol–water partition coefficient (Wildman–Crippen LogP) is 4.49. The number of nitrogen functional groups attached to an aromatic ring is 1. The van der Waals surface area contributed by atoms with E-state index in [1.807, 2.05) is 0 Å². The van der Waals surface area contributed by atoms with Crippen LogP contribution >= 0.6 is 23.4 Å². The largest absolute Gasteiger partial charge is 0.399 e. The van der Waals surface area contributed by atoms with Crippen molar-refractivity contribution < 1.29 is 8.78 Å². The lowest BCUT2D eigenvalue weighted by atomic mass is 10.2. The van der Waals surface area contributed by atoms with Crippen molar-refractivity contribution >= 4 is 29.1 Å². The summed E-state index contributed by atoms with van der Waals surface area (Å²) in [6.07, 6.45) is 0. The molecule has 2 rings (SSSR count). The molecule has 0 unspecified atom stereocenters. The van der Waals surface area contributed by atoms with Crippen LogP contribution in [-0.4, -0.2) is 0 Å². The zero-order valence-corrected chi connectivity index (χ0v) is 10.9. The van der Waals surface area contributed by atoms with Gasteiger partial charge in [-0.05, 0) is 42.0 Å². The summed E-state index contributed by atoms with van der Waals surface area (Å²) in [5.74, 6) is -0.469. The molecule has 0 aliphatic carbocycles. The fourth-order valence-electron chi connectivity index (χ4n) is 1.45. The molecule has 5 heteroatoms. The Kier molecular flexibility index (Phi) is 4.09. The van der Waals surface area contributed by atoms with E-state index in [0.29, 0.717) is 16.5 Å². The summed E-state index contributed by atoms with van der Waals surface area (Å²) in [4.78, 5) is 0.258. The van der Waals surface area contributed by atoms with E-state index in [-0.39, 0.29) is 4.90 Å². The zero-order chi connectivity index (χ0) is 13.1. The number of anilines is 1. The molecule has 0 aliphatic heterocycles. The average Bonchev–Trinajstić information content (AvgIpc) is 2.34. The third-order valence-electron chi connectivity index (χ3n) is 2.35. The van der Waals surface area contributed by atoms with Crippen molar-refractivity contribution in [2.75, 3.05) is 5.73 Å². The number of thioether (sulfide) groups is 1. The maximum Gasteiger partial charge on any atom is 0.136 e. The first-order chi connectivity index (χ1) is 8.56. The van der Waals surface area contributed by atoms with Crippen molar-refractivity contribution in [2.45, 2.75) is 10.6 Å². The van der Waals surface area contributed by atoms with Crippen LogP contribution in [0.5, 0.6) is 0 Å². The van der Waals surface area contributed by atoms with Crippen LogP contribution in [-0.2, 0) is 5.75 Å². The van der Waals surface area contributed by atoms with E-state index in [1.165, 1.54) is 17.8 Å². The van der Waals surface area contributed by atoms with Gasteiger partial charge in [0.2, 0.25) is 0 Å². The Morgan fingerprint density at radius 1 is 1.11 bits per heavy atom. The molecular formula is C13H10ClF2NS. The smallest absolute Gasteiger partial charge is 0.136 e. The van der Waals surface area contributed by atoms with E-state index in [1.54, 1.807) is 18.2 Å². The van der Waals surface area contributed by atoms with Crippen molar-refractivity contribution in [1.29, 1.82) is 0 Å². The second-order valence-electron chi connectivity index (χ2n) is 3.71. The normalized spacial score (nSPS) is 10.6. The zero-order valence-electron chi connectivity index (χ0n) is 9.29. The molecule has 0 aliphatic rings. The molecule has 2 N–H and O–H groups in total. The van der Waals surface area contributed by atoms with Crippen molar-refractivity contribution in [2.24, 2.45) is 0 Å². The van der Waals surface area contributed by atoms with E-state index in [9.17, 15) is 8.78 Å². The Bertz CT molecular complexity index is 523. The first-order valence-corrected chi connectivity index (χ1v) is 6.54. The van der Waals surface area contributed by atoms with Gasteiger partial charge in [-0.3, -0.25) is 0 Å². The van der Waals surface area contributed by atoms with Crippen molar-refractivity contribution in [3.8, 4) is 0 Å². The Morgan fingerprint density at radius 3 is 2.67 bits per heavy atom. The quantitative estimate of drug-likeness (QED) is 0.664. The number of benzene rings is 2. The molecule has 0 saturated carbocycles. The van der Waals surface area contributed by atoms with Gasteiger partial charge in [-0.1, -0.05) is 11.6 Å². The summed E-state index contributed by atoms with van der Waals surface area (Å²) >= 11 is 7.18. The fraction of sp³-hybridized carbons (Fsp3) is 0.0769. The lowest BCUT2D eigenvalue weighted by Gasteiger charge is -2.06. The first kappa shape index (κ1) is 13.2. The van der Waals surface area contributed by atoms with Crippen molar-refractivity contribution in [3.05, 3.63) is 58.6 Å². The highest BCUT2D eigenvalue weighted by atomic mass is 35.5. The average molecular weight is 286 g/mol. The van der Waals surface area contributed by atoms with Gasteiger partial charge in [0.1, 0.15) is 11.6 Å². The van der Waals surface area contributed by atoms with Crippen LogP contribution in [0, 0.1) is 11.6 Å². The maximum atomic E-state index is 13.4. The molecule has 2 aromatic carbocycles. The van der Waals surface area contributed by atoms with Crippen molar-refractivity contribution in [1.82, 2.24) is 0 Å². The Labute approximate surface area is 113 Å². The van der Waals surface area contributed by atoms with Crippen LogP contribution in [0.15, 0.2) is 41.3 Å². The number of rotatable bonds is 3.